The van der Waals surface area contributed by atoms with Crippen molar-refractivity contribution in [2.24, 2.45) is 11.1 Å². The lowest BCUT2D eigenvalue weighted by Crippen LogP contribution is -2.33. The van der Waals surface area contributed by atoms with Gasteiger partial charge in [-0.3, -0.25) is 9.59 Å². The van der Waals surface area contributed by atoms with Crippen molar-refractivity contribution in [1.29, 1.82) is 0 Å². The van der Waals surface area contributed by atoms with E-state index in [0.29, 0.717) is 33.5 Å². The largest absolute Gasteiger partial charge is 0.493 e. The Morgan fingerprint density at radius 1 is 0.964 bits per heavy atom. The Balaban J connectivity index is 1.70. The monoisotopic (exact) mass is 420 g/mol. The molecular weight excluding hydrogens is 407 g/mol. The van der Waals surface area contributed by atoms with Crippen LogP contribution in [-0.2, 0) is 14.4 Å². The average Bonchev–Trinajstić information content (AvgIpc) is 3.24. The smallest absolute Gasteiger partial charge is 0.278 e. The molecule has 2 atom stereocenters. The molecule has 1 saturated heterocycles. The molecule has 2 amide bonds. The molecule has 0 aliphatic carbocycles. The number of carbonyl (C=O) groups is 2. The molecule has 2 aromatic carbocycles. The lowest BCUT2D eigenvalue weighted by atomic mass is 9.94. The van der Waals surface area contributed by atoms with Crippen molar-refractivity contribution in [2.45, 2.75) is 6.10 Å². The number of hydrogen-bond acceptors (Lipinski definition) is 6. The molecule has 2 aliphatic rings. The van der Waals surface area contributed by atoms with Gasteiger partial charge in [0.05, 0.1) is 30.0 Å². The zero-order valence-electron chi connectivity index (χ0n) is 14.8. The predicted molar refractivity (Wildman–Crippen MR) is 103 cm³/mol. The molecule has 2 aliphatic heterocycles. The maximum Gasteiger partial charge on any atom is 0.278 e. The third-order valence-corrected chi connectivity index (χ3v) is 5.39. The number of hydrogen-bond donors (Lipinski definition) is 0. The predicted octanol–water partition coefficient (Wildman–Crippen LogP) is 3.30. The molecule has 28 heavy (non-hydrogen) atoms. The average molecular weight is 421 g/mol. The fourth-order valence-electron chi connectivity index (χ4n) is 3.29. The topological polar surface area (TPSA) is 77.4 Å². The van der Waals surface area contributed by atoms with E-state index in [1.807, 2.05) is 0 Å². The normalized spacial score (nSPS) is 20.7. The Kier molecular flexibility index (Phi) is 4.64. The molecule has 7 nitrogen and oxygen atoms in total. The number of methoxy groups -OCH3 is 2. The first-order chi connectivity index (χ1) is 13.5. The van der Waals surface area contributed by atoms with Gasteiger partial charge in [-0.1, -0.05) is 28.4 Å². The van der Waals surface area contributed by atoms with Gasteiger partial charge in [0.25, 0.3) is 5.91 Å². The number of carbonyl (C=O) groups excluding carboxylic acids is 2. The van der Waals surface area contributed by atoms with Gasteiger partial charge < -0.3 is 14.3 Å². The zero-order chi connectivity index (χ0) is 20.0. The van der Waals surface area contributed by atoms with Crippen LogP contribution in [0.4, 0.5) is 5.69 Å². The van der Waals surface area contributed by atoms with E-state index >= 15 is 0 Å². The standard InChI is InChI=1S/C19H14Cl2N2O5/c1-26-13-6-3-9(7-14(13)27-2)16-15-17(28-22-16)19(25)23(18(15)24)10-4-5-11(20)12(21)8-10/h3-8,15,17H,1-2H3/t15-,17+/m1/s1. The number of rotatable bonds is 4. The second kappa shape index (κ2) is 7.00. The minimum absolute atomic E-state index is 0.242. The second-order valence-electron chi connectivity index (χ2n) is 6.16. The summed E-state index contributed by atoms with van der Waals surface area (Å²) in [7, 11) is 3.03. The van der Waals surface area contributed by atoms with Crippen molar-refractivity contribution in [1.82, 2.24) is 0 Å². The fraction of sp³-hybridized carbons (Fsp3) is 0.211. The van der Waals surface area contributed by atoms with Crippen LogP contribution in [0.1, 0.15) is 5.56 Å². The fourth-order valence-corrected chi connectivity index (χ4v) is 3.58. The van der Waals surface area contributed by atoms with Gasteiger partial charge in [-0.05, 0) is 36.4 Å². The number of oxime groups is 1. The van der Waals surface area contributed by atoms with E-state index in [2.05, 4.69) is 5.16 Å². The third kappa shape index (κ3) is 2.78. The summed E-state index contributed by atoms with van der Waals surface area (Å²) < 4.78 is 10.5. The maximum absolute atomic E-state index is 13.1. The summed E-state index contributed by atoms with van der Waals surface area (Å²) in [4.78, 5) is 32.2. The molecule has 0 radical (unpaired) electrons. The molecule has 4 rings (SSSR count). The zero-order valence-corrected chi connectivity index (χ0v) is 16.3. The third-order valence-electron chi connectivity index (χ3n) is 4.65. The molecule has 0 N–H and O–H groups in total. The number of nitrogens with zero attached hydrogens (tertiary/aromatic N) is 2. The van der Waals surface area contributed by atoms with E-state index in [1.54, 1.807) is 24.3 Å². The van der Waals surface area contributed by atoms with Crippen LogP contribution in [0, 0.1) is 5.92 Å². The first kappa shape index (κ1) is 18.6. The van der Waals surface area contributed by atoms with Crippen molar-refractivity contribution < 1.29 is 23.9 Å². The Bertz CT molecular complexity index is 1020. The van der Waals surface area contributed by atoms with Gasteiger partial charge in [0.2, 0.25) is 12.0 Å². The van der Waals surface area contributed by atoms with Crippen LogP contribution < -0.4 is 14.4 Å². The molecule has 0 unspecified atom stereocenters. The molecule has 9 heteroatoms. The van der Waals surface area contributed by atoms with Crippen molar-refractivity contribution >= 4 is 46.4 Å². The number of fused-ring (bicyclic) bond motifs is 1. The molecule has 2 aromatic rings. The number of imide groups is 1. The highest BCUT2D eigenvalue weighted by Crippen LogP contribution is 2.38. The van der Waals surface area contributed by atoms with Crippen LogP contribution in [-0.4, -0.2) is 37.8 Å². The van der Waals surface area contributed by atoms with Crippen molar-refractivity contribution in [3.63, 3.8) is 0 Å². The van der Waals surface area contributed by atoms with E-state index in [1.165, 1.54) is 26.4 Å². The lowest BCUT2D eigenvalue weighted by molar-refractivity contribution is -0.126. The first-order valence-corrected chi connectivity index (χ1v) is 9.01. The van der Waals surface area contributed by atoms with Crippen molar-refractivity contribution in [3.8, 4) is 11.5 Å². The molecule has 0 saturated carbocycles. The van der Waals surface area contributed by atoms with E-state index in [-0.39, 0.29) is 5.02 Å². The van der Waals surface area contributed by atoms with E-state index in [9.17, 15) is 9.59 Å². The van der Waals surface area contributed by atoms with E-state index < -0.39 is 23.8 Å². The second-order valence-corrected chi connectivity index (χ2v) is 6.97. The van der Waals surface area contributed by atoms with Crippen LogP contribution >= 0.6 is 23.2 Å². The summed E-state index contributed by atoms with van der Waals surface area (Å²) in [6.07, 6.45) is -1.02. The van der Waals surface area contributed by atoms with Crippen LogP contribution in [0.15, 0.2) is 41.6 Å². The van der Waals surface area contributed by atoms with Crippen LogP contribution in [0.2, 0.25) is 10.0 Å². The first-order valence-electron chi connectivity index (χ1n) is 8.25. The van der Waals surface area contributed by atoms with Gasteiger partial charge in [0.15, 0.2) is 11.5 Å². The summed E-state index contributed by atoms with van der Waals surface area (Å²) in [5.74, 6) is -0.801. The molecular formula is C19H14Cl2N2O5. The minimum atomic E-state index is -1.02. The molecule has 0 spiro atoms. The number of ether oxygens (including phenoxy) is 2. The van der Waals surface area contributed by atoms with Gasteiger partial charge in [-0.2, -0.15) is 0 Å². The number of benzene rings is 2. The van der Waals surface area contributed by atoms with Crippen LogP contribution in [0.3, 0.4) is 0 Å². The van der Waals surface area contributed by atoms with E-state index in [4.69, 9.17) is 37.5 Å². The van der Waals surface area contributed by atoms with Gasteiger partial charge in [-0.15, -0.1) is 0 Å². The number of anilines is 1. The SMILES string of the molecule is COc1ccc(C2=NO[C@@H]3C(=O)N(c4ccc(Cl)c(Cl)c4)C(=O)[C@H]23)cc1OC. The number of halogens is 2. The van der Waals surface area contributed by atoms with Crippen molar-refractivity contribution in [3.05, 3.63) is 52.0 Å². The summed E-state index contributed by atoms with van der Waals surface area (Å²) >= 11 is 12.0. The molecule has 0 aromatic heterocycles. The summed E-state index contributed by atoms with van der Waals surface area (Å²) in [6, 6.07) is 9.65. The molecule has 0 bridgehead atoms. The molecule has 2 heterocycles. The highest BCUT2D eigenvalue weighted by atomic mass is 35.5. The minimum Gasteiger partial charge on any atom is -0.493 e. The Labute approximate surface area is 170 Å². The van der Waals surface area contributed by atoms with Crippen molar-refractivity contribution in [2.75, 3.05) is 19.1 Å². The van der Waals surface area contributed by atoms with Gasteiger partial charge in [-0.25, -0.2) is 4.90 Å². The highest BCUT2D eigenvalue weighted by molar-refractivity contribution is 6.42. The lowest BCUT2D eigenvalue weighted by Gasteiger charge is -2.16. The Morgan fingerprint density at radius 2 is 1.71 bits per heavy atom. The molecule has 1 fully saturated rings. The molecule has 144 valence electrons. The number of amides is 2. The van der Waals surface area contributed by atoms with Crippen LogP contribution in [0.5, 0.6) is 11.5 Å². The van der Waals surface area contributed by atoms with Gasteiger partial charge in [0, 0.05) is 5.56 Å². The van der Waals surface area contributed by atoms with Crippen LogP contribution in [0.25, 0.3) is 0 Å². The quantitative estimate of drug-likeness (QED) is 0.709. The summed E-state index contributed by atoms with van der Waals surface area (Å²) in [6.45, 7) is 0. The summed E-state index contributed by atoms with van der Waals surface area (Å²) in [5, 5.41) is 4.56. The van der Waals surface area contributed by atoms with Gasteiger partial charge in [0.1, 0.15) is 11.6 Å². The summed E-state index contributed by atoms with van der Waals surface area (Å²) in [5.41, 5.74) is 1.28. The Morgan fingerprint density at radius 3 is 2.39 bits per heavy atom. The maximum atomic E-state index is 13.1. The highest BCUT2D eigenvalue weighted by Gasteiger charge is 2.56. The van der Waals surface area contributed by atoms with E-state index in [0.717, 1.165) is 4.90 Å². The Hall–Kier alpha value is -2.77. The van der Waals surface area contributed by atoms with Gasteiger partial charge >= 0.3 is 0 Å².